The van der Waals surface area contributed by atoms with Crippen LogP contribution >= 0.6 is 0 Å². The number of oxazole rings is 1. The Bertz CT molecular complexity index is 174. The number of aliphatic hydroxyl groups is 1. The van der Waals surface area contributed by atoms with Gasteiger partial charge in [0.25, 0.3) is 0 Å². The third-order valence-corrected chi connectivity index (χ3v) is 1.18. The molecule has 1 atom stereocenters. The summed E-state index contributed by atoms with van der Waals surface area (Å²) in [6, 6.07) is -0.243. The van der Waals surface area contributed by atoms with Crippen LogP contribution in [0.2, 0.25) is 0 Å². The Morgan fingerprint density at radius 3 is 3.10 bits per heavy atom. The fourth-order valence-corrected chi connectivity index (χ4v) is 0.666. The van der Waals surface area contributed by atoms with Crippen molar-refractivity contribution < 1.29 is 9.52 Å². The summed E-state index contributed by atoms with van der Waals surface area (Å²) in [5.74, 6) is 0.710. The first-order valence-corrected chi connectivity index (χ1v) is 3.06. The normalized spacial score (nSPS) is 13.4. The number of aromatic nitrogens is 1. The van der Waals surface area contributed by atoms with Gasteiger partial charge in [-0.25, -0.2) is 4.98 Å². The van der Waals surface area contributed by atoms with Gasteiger partial charge in [-0.2, -0.15) is 0 Å². The molecular weight excluding hydrogens is 132 g/mol. The van der Waals surface area contributed by atoms with Crippen LogP contribution in [-0.4, -0.2) is 22.7 Å². The van der Waals surface area contributed by atoms with Gasteiger partial charge in [0.2, 0.25) is 0 Å². The number of hydrogen-bond acceptors (Lipinski definition) is 4. The highest BCUT2D eigenvalue weighted by atomic mass is 16.3. The maximum absolute atomic E-state index is 8.55. The second-order valence-electron chi connectivity index (χ2n) is 2.11. The van der Waals surface area contributed by atoms with Crippen molar-refractivity contribution in [3.8, 4) is 0 Å². The van der Waals surface area contributed by atoms with Gasteiger partial charge in [-0.15, -0.1) is 0 Å². The van der Waals surface area contributed by atoms with Crippen molar-refractivity contribution in [1.82, 2.24) is 4.98 Å². The molecule has 4 nitrogen and oxygen atoms in total. The van der Waals surface area contributed by atoms with Crippen molar-refractivity contribution >= 4 is 0 Å². The van der Waals surface area contributed by atoms with Crippen LogP contribution < -0.4 is 5.73 Å². The molecule has 3 N–H and O–H groups in total. The highest BCUT2D eigenvalue weighted by Crippen LogP contribution is 1.98. The highest BCUT2D eigenvalue weighted by molar-refractivity contribution is 4.91. The van der Waals surface area contributed by atoms with Crippen LogP contribution in [-0.2, 0) is 6.42 Å². The fraction of sp³-hybridized carbons (Fsp3) is 0.500. The Balaban J connectivity index is 2.40. The summed E-state index contributed by atoms with van der Waals surface area (Å²) in [5, 5.41) is 8.55. The fourth-order valence-electron chi connectivity index (χ4n) is 0.666. The molecule has 4 heteroatoms. The third-order valence-electron chi connectivity index (χ3n) is 1.18. The first-order valence-electron chi connectivity index (χ1n) is 3.06. The average molecular weight is 142 g/mol. The van der Waals surface area contributed by atoms with E-state index in [2.05, 4.69) is 4.98 Å². The quantitative estimate of drug-likeness (QED) is 0.598. The minimum absolute atomic E-state index is 0.0271. The van der Waals surface area contributed by atoms with E-state index in [1.54, 1.807) is 6.20 Å². The number of hydrogen-bond donors (Lipinski definition) is 2. The summed E-state index contributed by atoms with van der Waals surface area (Å²) in [6.45, 7) is -0.0271. The van der Waals surface area contributed by atoms with E-state index in [0.717, 1.165) is 0 Å². The molecule has 0 aromatic carbocycles. The van der Waals surface area contributed by atoms with Crippen molar-refractivity contribution in [1.29, 1.82) is 0 Å². The first kappa shape index (κ1) is 7.24. The van der Waals surface area contributed by atoms with Gasteiger partial charge in [0.15, 0.2) is 6.39 Å². The largest absolute Gasteiger partial charge is 0.448 e. The molecule has 1 heterocycles. The van der Waals surface area contributed by atoms with E-state index < -0.39 is 0 Å². The monoisotopic (exact) mass is 142 g/mol. The molecule has 0 aliphatic carbocycles. The maximum Gasteiger partial charge on any atom is 0.180 e. The molecule has 0 radical (unpaired) electrons. The zero-order chi connectivity index (χ0) is 7.40. The Hall–Kier alpha value is -0.870. The summed E-state index contributed by atoms with van der Waals surface area (Å²) >= 11 is 0. The number of rotatable bonds is 3. The molecular formula is C6H10N2O2. The van der Waals surface area contributed by atoms with Crippen molar-refractivity contribution in [2.75, 3.05) is 6.61 Å². The van der Waals surface area contributed by atoms with Crippen LogP contribution in [0.1, 0.15) is 5.76 Å². The van der Waals surface area contributed by atoms with Crippen molar-refractivity contribution in [3.05, 3.63) is 18.4 Å². The molecule has 0 amide bonds. The number of aliphatic hydroxyl groups excluding tert-OH is 1. The zero-order valence-corrected chi connectivity index (χ0v) is 5.53. The molecule has 1 unspecified atom stereocenters. The lowest BCUT2D eigenvalue weighted by molar-refractivity contribution is 0.260. The molecule has 1 aromatic heterocycles. The SMILES string of the molecule is NC(CO)Cc1cnco1. The third kappa shape index (κ3) is 1.82. The number of nitrogens with zero attached hydrogens (tertiary/aromatic N) is 1. The van der Waals surface area contributed by atoms with Gasteiger partial charge in [0.05, 0.1) is 12.8 Å². The van der Waals surface area contributed by atoms with Crippen LogP contribution in [0.15, 0.2) is 17.0 Å². The topological polar surface area (TPSA) is 72.3 Å². The van der Waals surface area contributed by atoms with E-state index in [9.17, 15) is 0 Å². The Labute approximate surface area is 58.7 Å². The van der Waals surface area contributed by atoms with E-state index in [1.165, 1.54) is 6.39 Å². The molecule has 0 saturated heterocycles. The molecule has 0 aliphatic heterocycles. The average Bonchev–Trinajstić information content (AvgIpc) is 2.40. The van der Waals surface area contributed by atoms with Crippen molar-refractivity contribution in [2.45, 2.75) is 12.5 Å². The smallest absolute Gasteiger partial charge is 0.180 e. The molecule has 0 bridgehead atoms. The summed E-state index contributed by atoms with van der Waals surface area (Å²) in [5.41, 5.74) is 5.43. The van der Waals surface area contributed by atoms with Gasteiger partial charge in [0.1, 0.15) is 5.76 Å². The molecule has 1 aromatic rings. The summed E-state index contributed by atoms with van der Waals surface area (Å²) in [7, 11) is 0. The van der Waals surface area contributed by atoms with Gasteiger partial charge in [0, 0.05) is 12.5 Å². The van der Waals surface area contributed by atoms with Gasteiger partial charge in [-0.1, -0.05) is 0 Å². The van der Waals surface area contributed by atoms with Crippen LogP contribution in [0.5, 0.6) is 0 Å². The highest BCUT2D eigenvalue weighted by Gasteiger charge is 2.03. The Kier molecular flexibility index (Phi) is 2.42. The lowest BCUT2D eigenvalue weighted by Gasteiger charge is -2.02. The molecule has 0 spiro atoms. The van der Waals surface area contributed by atoms with Crippen LogP contribution in [0.25, 0.3) is 0 Å². The van der Waals surface area contributed by atoms with Gasteiger partial charge in [-0.05, 0) is 0 Å². The standard InChI is InChI=1S/C6H10N2O2/c7-5(3-9)1-6-2-8-4-10-6/h2,4-5,9H,1,3,7H2. The van der Waals surface area contributed by atoms with Gasteiger partial charge >= 0.3 is 0 Å². The van der Waals surface area contributed by atoms with E-state index in [1.807, 2.05) is 0 Å². The van der Waals surface area contributed by atoms with Crippen LogP contribution in [0.3, 0.4) is 0 Å². The minimum atomic E-state index is -0.243. The lowest BCUT2D eigenvalue weighted by atomic mass is 10.2. The summed E-state index contributed by atoms with van der Waals surface area (Å²) < 4.78 is 4.90. The second-order valence-corrected chi connectivity index (χ2v) is 2.11. The molecule has 0 aliphatic rings. The molecule has 10 heavy (non-hydrogen) atoms. The van der Waals surface area contributed by atoms with Gasteiger partial charge in [-0.3, -0.25) is 0 Å². The van der Waals surface area contributed by atoms with E-state index in [-0.39, 0.29) is 12.6 Å². The van der Waals surface area contributed by atoms with Crippen LogP contribution in [0.4, 0.5) is 0 Å². The second kappa shape index (κ2) is 3.34. The summed E-state index contributed by atoms with van der Waals surface area (Å²) in [6.07, 6.45) is 3.48. The predicted molar refractivity (Wildman–Crippen MR) is 35.3 cm³/mol. The Morgan fingerprint density at radius 2 is 2.60 bits per heavy atom. The van der Waals surface area contributed by atoms with E-state index in [4.69, 9.17) is 15.3 Å². The zero-order valence-electron chi connectivity index (χ0n) is 5.53. The Morgan fingerprint density at radius 1 is 1.80 bits per heavy atom. The van der Waals surface area contributed by atoms with Crippen molar-refractivity contribution in [2.24, 2.45) is 5.73 Å². The van der Waals surface area contributed by atoms with E-state index in [0.29, 0.717) is 12.2 Å². The predicted octanol–water partition coefficient (Wildman–Crippen LogP) is -0.463. The summed E-state index contributed by atoms with van der Waals surface area (Å²) in [4.78, 5) is 3.71. The molecule has 0 saturated carbocycles. The first-order chi connectivity index (χ1) is 4.83. The maximum atomic E-state index is 8.55. The van der Waals surface area contributed by atoms with Gasteiger partial charge < -0.3 is 15.3 Å². The molecule has 1 rings (SSSR count). The van der Waals surface area contributed by atoms with Crippen LogP contribution in [0, 0.1) is 0 Å². The minimum Gasteiger partial charge on any atom is -0.448 e. The lowest BCUT2D eigenvalue weighted by Crippen LogP contribution is -2.26. The molecule has 0 fully saturated rings. The van der Waals surface area contributed by atoms with E-state index >= 15 is 0 Å². The number of nitrogens with two attached hydrogens (primary N) is 1. The van der Waals surface area contributed by atoms with Crippen molar-refractivity contribution in [3.63, 3.8) is 0 Å². The molecule has 56 valence electrons.